The zero-order valence-corrected chi connectivity index (χ0v) is 18.6. The van der Waals surface area contributed by atoms with Gasteiger partial charge in [-0.25, -0.2) is 0 Å². The third kappa shape index (κ3) is 6.88. The average molecular weight is 443 g/mol. The number of allylic oxidation sites excluding steroid dienone is 1. The van der Waals surface area contributed by atoms with E-state index in [0.717, 1.165) is 22.6 Å². The van der Waals surface area contributed by atoms with Crippen LogP contribution in [0.2, 0.25) is 0 Å². The summed E-state index contributed by atoms with van der Waals surface area (Å²) in [6.07, 6.45) is 2.54. The number of rotatable bonds is 10. The van der Waals surface area contributed by atoms with Gasteiger partial charge in [-0.2, -0.15) is 5.26 Å². The lowest BCUT2D eigenvalue weighted by Gasteiger charge is -2.08. The summed E-state index contributed by atoms with van der Waals surface area (Å²) in [4.78, 5) is 12.1. The standard InChI is InChI=1S/C27H25NO5/c1-30-22-13-15-23(16-14-22)32-17-5-8-27(29)33-24-11-9-20(10-12-24)18-21(19-28)25-6-3-4-7-26(25)31-2/h3-4,6-7,9-16,18H,5,8,17H2,1-2H3/b21-18-. The Morgan fingerprint density at radius 3 is 2.21 bits per heavy atom. The van der Waals surface area contributed by atoms with Crippen molar-refractivity contribution < 1.29 is 23.7 Å². The lowest BCUT2D eigenvalue weighted by molar-refractivity contribution is -0.134. The van der Waals surface area contributed by atoms with Crippen molar-refractivity contribution in [3.63, 3.8) is 0 Å². The number of nitrogens with zero attached hydrogens (tertiary/aromatic N) is 1. The molecule has 0 heterocycles. The van der Waals surface area contributed by atoms with Crippen molar-refractivity contribution in [2.45, 2.75) is 12.8 Å². The predicted molar refractivity (Wildman–Crippen MR) is 126 cm³/mol. The second-order valence-electron chi connectivity index (χ2n) is 7.04. The van der Waals surface area contributed by atoms with Crippen molar-refractivity contribution in [3.05, 3.63) is 83.9 Å². The van der Waals surface area contributed by atoms with Gasteiger partial charge in [0, 0.05) is 12.0 Å². The van der Waals surface area contributed by atoms with Crippen molar-refractivity contribution in [2.24, 2.45) is 0 Å². The summed E-state index contributed by atoms with van der Waals surface area (Å²) >= 11 is 0. The summed E-state index contributed by atoms with van der Waals surface area (Å²) in [6, 6.07) is 23.8. The van der Waals surface area contributed by atoms with Gasteiger partial charge in [-0.1, -0.05) is 24.3 Å². The van der Waals surface area contributed by atoms with Crippen LogP contribution in [0.1, 0.15) is 24.0 Å². The minimum absolute atomic E-state index is 0.240. The van der Waals surface area contributed by atoms with Crippen molar-refractivity contribution in [1.82, 2.24) is 0 Å². The van der Waals surface area contributed by atoms with Gasteiger partial charge < -0.3 is 18.9 Å². The van der Waals surface area contributed by atoms with Gasteiger partial charge in [0.25, 0.3) is 0 Å². The number of carbonyl (C=O) groups is 1. The maximum atomic E-state index is 12.1. The van der Waals surface area contributed by atoms with Crippen LogP contribution in [-0.4, -0.2) is 26.8 Å². The molecule has 0 spiro atoms. The van der Waals surface area contributed by atoms with Gasteiger partial charge in [-0.3, -0.25) is 4.79 Å². The highest BCUT2D eigenvalue weighted by molar-refractivity contribution is 5.91. The molecule has 0 fully saturated rings. The van der Waals surface area contributed by atoms with Gasteiger partial charge in [-0.05, 0) is 66.6 Å². The van der Waals surface area contributed by atoms with Gasteiger partial charge in [0.1, 0.15) is 23.0 Å². The predicted octanol–water partition coefficient (Wildman–Crippen LogP) is 5.53. The Balaban J connectivity index is 1.50. The highest BCUT2D eigenvalue weighted by Gasteiger charge is 2.09. The van der Waals surface area contributed by atoms with E-state index in [1.54, 1.807) is 44.6 Å². The minimum atomic E-state index is -0.330. The summed E-state index contributed by atoms with van der Waals surface area (Å²) in [5, 5.41) is 9.57. The Hall–Kier alpha value is -4.24. The SMILES string of the molecule is COc1ccc(OCCCC(=O)Oc2ccc(/C=C(/C#N)c3ccccc3OC)cc2)cc1. The molecule has 6 nitrogen and oxygen atoms in total. The number of methoxy groups -OCH3 is 2. The molecule has 33 heavy (non-hydrogen) atoms. The molecule has 168 valence electrons. The molecule has 0 N–H and O–H groups in total. The van der Waals surface area contributed by atoms with E-state index in [1.165, 1.54) is 0 Å². The summed E-state index contributed by atoms with van der Waals surface area (Å²) in [7, 11) is 3.18. The van der Waals surface area contributed by atoms with E-state index in [1.807, 2.05) is 48.5 Å². The van der Waals surface area contributed by atoms with Gasteiger partial charge in [-0.15, -0.1) is 0 Å². The fraction of sp³-hybridized carbons (Fsp3) is 0.185. The molecule has 0 bridgehead atoms. The first kappa shape index (κ1) is 23.4. The Morgan fingerprint density at radius 2 is 1.55 bits per heavy atom. The van der Waals surface area contributed by atoms with Gasteiger partial charge in [0.05, 0.1) is 32.5 Å². The van der Waals surface area contributed by atoms with Gasteiger partial charge in [0.2, 0.25) is 0 Å². The van der Waals surface area contributed by atoms with Crippen LogP contribution in [0.25, 0.3) is 11.6 Å². The summed E-state index contributed by atoms with van der Waals surface area (Å²) in [6.45, 7) is 0.408. The Morgan fingerprint density at radius 1 is 0.879 bits per heavy atom. The first-order chi connectivity index (χ1) is 16.1. The van der Waals surface area contributed by atoms with Crippen LogP contribution in [0.5, 0.6) is 23.0 Å². The molecule has 0 aromatic heterocycles. The molecule has 3 aromatic carbocycles. The van der Waals surface area contributed by atoms with Crippen molar-refractivity contribution in [1.29, 1.82) is 5.26 Å². The Kier molecular flexibility index (Phi) is 8.49. The molecule has 0 aliphatic carbocycles. The van der Waals surface area contributed by atoms with Crippen LogP contribution in [0.4, 0.5) is 0 Å². The van der Waals surface area contributed by atoms with E-state index >= 15 is 0 Å². The first-order valence-electron chi connectivity index (χ1n) is 10.5. The van der Waals surface area contributed by atoms with Crippen LogP contribution in [0, 0.1) is 11.3 Å². The zero-order chi connectivity index (χ0) is 23.5. The highest BCUT2D eigenvalue weighted by atomic mass is 16.5. The molecular weight excluding hydrogens is 418 g/mol. The molecular formula is C27H25NO5. The van der Waals surface area contributed by atoms with Gasteiger partial charge in [0.15, 0.2) is 0 Å². The van der Waals surface area contributed by atoms with Crippen molar-refractivity contribution in [2.75, 3.05) is 20.8 Å². The Labute approximate surface area is 193 Å². The molecule has 0 aliphatic heterocycles. The summed E-state index contributed by atoms with van der Waals surface area (Å²) < 4.78 is 21.5. The van der Waals surface area contributed by atoms with Crippen molar-refractivity contribution in [3.8, 4) is 29.1 Å². The molecule has 0 radical (unpaired) electrons. The normalized spacial score (nSPS) is 10.8. The third-order valence-corrected chi connectivity index (χ3v) is 4.79. The second kappa shape index (κ2) is 12.0. The lowest BCUT2D eigenvalue weighted by Crippen LogP contribution is -2.09. The quantitative estimate of drug-likeness (QED) is 0.135. The number of carbonyl (C=O) groups excluding carboxylic acids is 1. The van der Waals surface area contributed by atoms with Gasteiger partial charge >= 0.3 is 5.97 Å². The molecule has 0 unspecified atom stereocenters. The molecule has 0 aliphatic rings. The van der Waals surface area contributed by atoms with Crippen molar-refractivity contribution >= 4 is 17.6 Å². The third-order valence-electron chi connectivity index (χ3n) is 4.79. The number of para-hydroxylation sites is 1. The summed E-state index contributed by atoms with van der Waals surface area (Å²) in [5.41, 5.74) is 2.01. The topological polar surface area (TPSA) is 77.8 Å². The lowest BCUT2D eigenvalue weighted by atomic mass is 10.0. The fourth-order valence-electron chi connectivity index (χ4n) is 3.10. The molecule has 6 heteroatoms. The number of hydrogen-bond donors (Lipinski definition) is 0. The molecule has 0 saturated carbocycles. The largest absolute Gasteiger partial charge is 0.497 e. The monoisotopic (exact) mass is 443 g/mol. The fourth-order valence-corrected chi connectivity index (χ4v) is 3.10. The molecule has 0 amide bonds. The molecule has 0 atom stereocenters. The minimum Gasteiger partial charge on any atom is -0.497 e. The first-order valence-corrected chi connectivity index (χ1v) is 10.5. The number of ether oxygens (including phenoxy) is 4. The number of hydrogen-bond acceptors (Lipinski definition) is 6. The van der Waals surface area contributed by atoms with Crippen LogP contribution in [-0.2, 0) is 4.79 Å². The van der Waals surface area contributed by atoms with E-state index in [4.69, 9.17) is 18.9 Å². The van der Waals surface area contributed by atoms with E-state index < -0.39 is 0 Å². The van der Waals surface area contributed by atoms with Crippen LogP contribution in [0.3, 0.4) is 0 Å². The van der Waals surface area contributed by atoms with E-state index in [0.29, 0.717) is 30.1 Å². The molecule has 3 aromatic rings. The average Bonchev–Trinajstić information content (AvgIpc) is 2.86. The van der Waals surface area contributed by atoms with Crippen LogP contribution < -0.4 is 18.9 Å². The molecule has 0 saturated heterocycles. The van der Waals surface area contributed by atoms with E-state index in [-0.39, 0.29) is 12.4 Å². The van der Waals surface area contributed by atoms with E-state index in [9.17, 15) is 10.1 Å². The molecule has 3 rings (SSSR count). The second-order valence-corrected chi connectivity index (χ2v) is 7.04. The van der Waals surface area contributed by atoms with Crippen LogP contribution >= 0.6 is 0 Å². The zero-order valence-electron chi connectivity index (χ0n) is 18.6. The van der Waals surface area contributed by atoms with E-state index in [2.05, 4.69) is 6.07 Å². The Bertz CT molecular complexity index is 1130. The number of benzene rings is 3. The number of esters is 1. The maximum absolute atomic E-state index is 12.1. The van der Waals surface area contributed by atoms with Crippen LogP contribution in [0.15, 0.2) is 72.8 Å². The summed E-state index contributed by atoms with van der Waals surface area (Å²) in [5.74, 6) is 2.23. The number of nitriles is 1. The smallest absolute Gasteiger partial charge is 0.311 e. The maximum Gasteiger partial charge on any atom is 0.311 e. The highest BCUT2D eigenvalue weighted by Crippen LogP contribution is 2.27.